The van der Waals surface area contributed by atoms with Gasteiger partial charge in [0, 0.05) is 34.1 Å². The number of hydrogen-bond donors (Lipinski definition) is 0. The minimum Gasteiger partial charge on any atom is -0.310 e. The predicted octanol–water partition coefficient (Wildman–Crippen LogP) is 17.6. The summed E-state index contributed by atoms with van der Waals surface area (Å²) in [6, 6.07) is 96.6. The van der Waals surface area contributed by atoms with Gasteiger partial charge in [-0.15, -0.1) is 0 Å². The fourth-order valence-corrected chi connectivity index (χ4v) is 8.90. The average molecular weight is 817 g/mol. The quantitative estimate of drug-likeness (QED) is 0.136. The lowest BCUT2D eigenvalue weighted by Crippen LogP contribution is -2.13. The molecule has 0 unspecified atom stereocenters. The number of benzene rings is 11. The van der Waals surface area contributed by atoms with E-state index in [0.717, 1.165) is 45.3 Å². The molecule has 11 aromatic rings. The second-order valence-corrected chi connectivity index (χ2v) is 16.2. The minimum absolute atomic E-state index is 1.05. The van der Waals surface area contributed by atoms with E-state index in [2.05, 4.69) is 277 Å². The molecule has 0 aliphatic heterocycles. The Morgan fingerprint density at radius 3 is 0.906 bits per heavy atom. The van der Waals surface area contributed by atoms with Crippen LogP contribution in [0.15, 0.2) is 267 Å². The van der Waals surface area contributed by atoms with Crippen LogP contribution in [-0.4, -0.2) is 0 Å². The van der Waals surface area contributed by atoms with Gasteiger partial charge in [0.2, 0.25) is 0 Å². The molecule has 0 spiro atoms. The molecule has 0 N–H and O–H groups in total. The van der Waals surface area contributed by atoms with Crippen LogP contribution in [0.25, 0.3) is 66.1 Å². The predicted molar refractivity (Wildman–Crippen MR) is 273 cm³/mol. The molecule has 0 fully saturated rings. The highest BCUT2D eigenvalue weighted by atomic mass is 15.2. The summed E-state index contributed by atoms with van der Waals surface area (Å²) in [7, 11) is 0. The molecule has 302 valence electrons. The highest BCUT2D eigenvalue weighted by Gasteiger charge is 2.21. The molecule has 2 heteroatoms. The minimum atomic E-state index is 1.05. The van der Waals surface area contributed by atoms with Gasteiger partial charge in [-0.05, 0) is 139 Å². The Balaban J connectivity index is 1.13. The lowest BCUT2D eigenvalue weighted by molar-refractivity contribution is 1.25. The summed E-state index contributed by atoms with van der Waals surface area (Å²) in [4.78, 5) is 4.80. The summed E-state index contributed by atoms with van der Waals surface area (Å²) in [5, 5.41) is 4.83. The summed E-state index contributed by atoms with van der Waals surface area (Å²) in [6.07, 6.45) is 0. The van der Waals surface area contributed by atoms with Gasteiger partial charge in [0.15, 0.2) is 0 Å². The van der Waals surface area contributed by atoms with Crippen molar-refractivity contribution in [3.05, 3.63) is 267 Å². The van der Waals surface area contributed by atoms with E-state index in [1.807, 2.05) is 0 Å². The molecule has 0 amide bonds. The maximum Gasteiger partial charge on any atom is 0.0488 e. The summed E-state index contributed by atoms with van der Waals surface area (Å²) < 4.78 is 0. The molecule has 0 aliphatic carbocycles. The summed E-state index contributed by atoms with van der Waals surface area (Å²) in [5.41, 5.74) is 15.8. The van der Waals surface area contributed by atoms with Crippen molar-refractivity contribution < 1.29 is 0 Å². The molecule has 0 saturated heterocycles. The van der Waals surface area contributed by atoms with Crippen LogP contribution >= 0.6 is 0 Å². The summed E-state index contributed by atoms with van der Waals surface area (Å²) in [5.74, 6) is 0. The molecule has 0 aliphatic rings. The standard InChI is InChI=1S/C62H44N2/c1-4-14-45(15-5-1)50-26-33-57(34-27-50)63(58-35-28-51(29-36-58)46-16-6-2-7-17-46)61-42-56(55-25-24-48-20-10-12-22-53(48)40-55)43-62(44-61)64(60-39-32-49-21-11-13-23-54(49)41-60)59-37-30-52(31-38-59)47-18-8-3-9-19-47/h1-44H. The normalized spacial score (nSPS) is 11.1. The zero-order valence-electron chi connectivity index (χ0n) is 35.3. The van der Waals surface area contributed by atoms with Crippen LogP contribution in [0.5, 0.6) is 0 Å². The Bertz CT molecular complexity index is 3260. The number of fused-ring (bicyclic) bond motifs is 2. The van der Waals surface area contributed by atoms with Gasteiger partial charge in [-0.2, -0.15) is 0 Å². The second-order valence-electron chi connectivity index (χ2n) is 16.2. The molecule has 0 radical (unpaired) electrons. The zero-order chi connectivity index (χ0) is 42.7. The first-order valence-electron chi connectivity index (χ1n) is 21.9. The molecular weight excluding hydrogens is 773 g/mol. The largest absolute Gasteiger partial charge is 0.310 e. The van der Waals surface area contributed by atoms with Crippen molar-refractivity contribution in [2.45, 2.75) is 0 Å². The third-order valence-corrected chi connectivity index (χ3v) is 12.2. The van der Waals surface area contributed by atoms with Crippen molar-refractivity contribution in [3.8, 4) is 44.5 Å². The molecule has 64 heavy (non-hydrogen) atoms. The summed E-state index contributed by atoms with van der Waals surface area (Å²) in [6.45, 7) is 0. The van der Waals surface area contributed by atoms with Gasteiger partial charge < -0.3 is 9.80 Å². The van der Waals surface area contributed by atoms with E-state index >= 15 is 0 Å². The number of anilines is 6. The second kappa shape index (κ2) is 17.1. The molecule has 0 bridgehead atoms. The molecule has 0 saturated carbocycles. The van der Waals surface area contributed by atoms with Crippen molar-refractivity contribution in [3.63, 3.8) is 0 Å². The molecule has 0 aromatic heterocycles. The van der Waals surface area contributed by atoms with Crippen molar-refractivity contribution in [2.24, 2.45) is 0 Å². The first-order valence-corrected chi connectivity index (χ1v) is 21.9. The fourth-order valence-electron chi connectivity index (χ4n) is 8.90. The molecule has 0 heterocycles. The van der Waals surface area contributed by atoms with Crippen molar-refractivity contribution >= 4 is 55.7 Å². The van der Waals surface area contributed by atoms with E-state index < -0.39 is 0 Å². The SMILES string of the molecule is c1ccc(-c2ccc(N(c3ccc(-c4ccccc4)cc3)c3cc(-c4ccc5ccccc5c4)cc(N(c4ccc(-c5ccccc5)cc4)c4ccc5ccccc5c4)c3)cc2)cc1. The topological polar surface area (TPSA) is 6.48 Å². The first-order chi connectivity index (χ1) is 31.7. The summed E-state index contributed by atoms with van der Waals surface area (Å²) >= 11 is 0. The monoisotopic (exact) mass is 816 g/mol. The number of rotatable bonds is 10. The van der Waals surface area contributed by atoms with Crippen LogP contribution in [0.4, 0.5) is 34.1 Å². The van der Waals surface area contributed by atoms with Gasteiger partial charge in [0.25, 0.3) is 0 Å². The Hall–Kier alpha value is -8.46. The van der Waals surface area contributed by atoms with E-state index in [-0.39, 0.29) is 0 Å². The van der Waals surface area contributed by atoms with Crippen LogP contribution in [0.1, 0.15) is 0 Å². The molecule has 0 atom stereocenters. The van der Waals surface area contributed by atoms with E-state index in [1.165, 1.54) is 54.9 Å². The molecule has 11 aromatic carbocycles. The third-order valence-electron chi connectivity index (χ3n) is 12.2. The van der Waals surface area contributed by atoms with E-state index in [4.69, 9.17) is 0 Å². The Kier molecular flexibility index (Phi) is 10.3. The van der Waals surface area contributed by atoms with Crippen LogP contribution in [0, 0.1) is 0 Å². The molecular formula is C62H44N2. The van der Waals surface area contributed by atoms with Crippen molar-refractivity contribution in [1.82, 2.24) is 0 Å². The average Bonchev–Trinajstić information content (AvgIpc) is 3.38. The lowest BCUT2D eigenvalue weighted by Gasteiger charge is -2.31. The molecule has 2 nitrogen and oxygen atoms in total. The Labute approximate surface area is 375 Å². The van der Waals surface area contributed by atoms with E-state index in [0.29, 0.717) is 0 Å². The molecule has 11 rings (SSSR count). The van der Waals surface area contributed by atoms with Crippen LogP contribution in [0.3, 0.4) is 0 Å². The van der Waals surface area contributed by atoms with Crippen LogP contribution < -0.4 is 9.80 Å². The highest BCUT2D eigenvalue weighted by molar-refractivity contribution is 5.94. The van der Waals surface area contributed by atoms with Crippen molar-refractivity contribution in [1.29, 1.82) is 0 Å². The fraction of sp³-hybridized carbons (Fsp3) is 0. The third kappa shape index (κ3) is 7.81. The maximum absolute atomic E-state index is 2.41. The Morgan fingerprint density at radius 1 is 0.156 bits per heavy atom. The Morgan fingerprint density at radius 2 is 0.469 bits per heavy atom. The first kappa shape index (κ1) is 38.5. The van der Waals surface area contributed by atoms with Crippen molar-refractivity contribution in [2.75, 3.05) is 9.80 Å². The number of nitrogens with zero attached hydrogens (tertiary/aromatic N) is 2. The van der Waals surface area contributed by atoms with Gasteiger partial charge in [-0.3, -0.25) is 0 Å². The maximum atomic E-state index is 2.41. The van der Waals surface area contributed by atoms with Gasteiger partial charge in [-0.1, -0.05) is 194 Å². The highest BCUT2D eigenvalue weighted by Crippen LogP contribution is 2.45. The van der Waals surface area contributed by atoms with Crippen LogP contribution in [0.2, 0.25) is 0 Å². The van der Waals surface area contributed by atoms with E-state index in [9.17, 15) is 0 Å². The number of hydrogen-bond acceptors (Lipinski definition) is 2. The lowest BCUT2D eigenvalue weighted by atomic mass is 9.98. The van der Waals surface area contributed by atoms with Gasteiger partial charge in [0.05, 0.1) is 0 Å². The van der Waals surface area contributed by atoms with Gasteiger partial charge in [-0.25, -0.2) is 0 Å². The van der Waals surface area contributed by atoms with E-state index in [1.54, 1.807) is 0 Å². The smallest absolute Gasteiger partial charge is 0.0488 e. The van der Waals surface area contributed by atoms with Gasteiger partial charge >= 0.3 is 0 Å². The van der Waals surface area contributed by atoms with Gasteiger partial charge in [0.1, 0.15) is 0 Å². The zero-order valence-corrected chi connectivity index (χ0v) is 35.3. The van der Waals surface area contributed by atoms with Crippen LogP contribution in [-0.2, 0) is 0 Å².